The van der Waals surface area contributed by atoms with E-state index in [2.05, 4.69) is 26.0 Å². The Morgan fingerprint density at radius 1 is 0.939 bits per heavy atom. The van der Waals surface area contributed by atoms with Crippen molar-refractivity contribution in [3.63, 3.8) is 0 Å². The number of rotatable bonds is 11. The molecule has 5 N–H and O–H groups in total. The molecule has 0 aliphatic rings. The Bertz CT molecular complexity index is 1040. The van der Waals surface area contributed by atoms with Crippen LogP contribution in [0.3, 0.4) is 0 Å². The van der Waals surface area contributed by atoms with E-state index in [1.165, 1.54) is 0 Å². The third-order valence-electron chi connectivity index (χ3n) is 4.96. The van der Waals surface area contributed by atoms with Crippen LogP contribution in [0.4, 0.5) is 0 Å². The van der Waals surface area contributed by atoms with Gasteiger partial charge in [0, 0.05) is 19.3 Å². The minimum Gasteiger partial charge on any atom is -0.354 e. The molecule has 0 aliphatic carbocycles. The average molecular weight is 445 g/mol. The molecule has 1 heterocycles. The molecular formula is C25H28N6O2. The molecule has 3 aromatic rings. The zero-order valence-electron chi connectivity index (χ0n) is 18.3. The molecular weight excluding hydrogens is 416 g/mol. The monoisotopic (exact) mass is 444 g/mol. The highest BCUT2D eigenvalue weighted by Crippen LogP contribution is 2.12. The van der Waals surface area contributed by atoms with Gasteiger partial charge in [-0.1, -0.05) is 60.7 Å². The Hall–Kier alpha value is -4.04. The van der Waals surface area contributed by atoms with Crippen molar-refractivity contribution >= 4 is 18.0 Å². The molecule has 8 heteroatoms. The lowest BCUT2D eigenvalue weighted by Crippen LogP contribution is -2.43. The standard InChI is InChI=1S/C25H28N6O2/c26-31-17-21-11-9-20(10-12-21)16-29-24(22-8-4-5-14-27-22)25(33)30-18-23(32)28-15-13-19-6-2-1-3-7-19/h1-12,14,17,24,29H,13,15-16,18,26H2,(H,28,32)(H,30,33). The smallest absolute Gasteiger partial charge is 0.243 e. The summed E-state index contributed by atoms with van der Waals surface area (Å²) in [5.74, 6) is 4.61. The Kier molecular flexibility index (Phi) is 9.11. The Labute approximate surface area is 193 Å². The maximum atomic E-state index is 12.9. The molecule has 170 valence electrons. The number of aromatic nitrogens is 1. The SMILES string of the molecule is NN=Cc1ccc(CNC(C(=O)NCC(=O)NCCc2ccccc2)c2ccccn2)cc1. The number of nitrogens with two attached hydrogens (primary N) is 1. The summed E-state index contributed by atoms with van der Waals surface area (Å²) in [6.45, 7) is 0.842. The van der Waals surface area contributed by atoms with Crippen LogP contribution in [0.2, 0.25) is 0 Å². The van der Waals surface area contributed by atoms with E-state index in [0.29, 0.717) is 18.8 Å². The zero-order chi connectivity index (χ0) is 23.3. The maximum Gasteiger partial charge on any atom is 0.243 e. The lowest BCUT2D eigenvalue weighted by Gasteiger charge is -2.18. The normalized spacial score (nSPS) is 11.8. The molecule has 1 atom stereocenters. The molecule has 33 heavy (non-hydrogen) atoms. The maximum absolute atomic E-state index is 12.9. The first-order chi connectivity index (χ1) is 16.2. The molecule has 1 aromatic heterocycles. The van der Waals surface area contributed by atoms with Crippen LogP contribution in [0.25, 0.3) is 0 Å². The van der Waals surface area contributed by atoms with Crippen molar-refractivity contribution in [3.8, 4) is 0 Å². The molecule has 2 amide bonds. The predicted molar refractivity (Wildman–Crippen MR) is 128 cm³/mol. The molecule has 0 fully saturated rings. The second-order valence-corrected chi connectivity index (χ2v) is 7.39. The summed E-state index contributed by atoms with van der Waals surface area (Å²) >= 11 is 0. The van der Waals surface area contributed by atoms with Crippen LogP contribution in [0.1, 0.15) is 28.4 Å². The van der Waals surface area contributed by atoms with E-state index in [-0.39, 0.29) is 18.4 Å². The van der Waals surface area contributed by atoms with Crippen LogP contribution in [0.15, 0.2) is 84.1 Å². The lowest BCUT2D eigenvalue weighted by atomic mass is 10.1. The summed E-state index contributed by atoms with van der Waals surface area (Å²) in [5, 5.41) is 12.3. The van der Waals surface area contributed by atoms with Crippen molar-refractivity contribution in [2.24, 2.45) is 10.9 Å². The lowest BCUT2D eigenvalue weighted by molar-refractivity contribution is -0.127. The van der Waals surface area contributed by atoms with Gasteiger partial charge in [0.1, 0.15) is 6.04 Å². The molecule has 0 radical (unpaired) electrons. The number of carbonyl (C=O) groups is 2. The fourth-order valence-electron chi connectivity index (χ4n) is 3.23. The van der Waals surface area contributed by atoms with E-state index in [1.807, 2.05) is 60.7 Å². The van der Waals surface area contributed by atoms with E-state index in [4.69, 9.17) is 5.84 Å². The molecule has 2 aromatic carbocycles. The predicted octanol–water partition coefficient (Wildman–Crippen LogP) is 1.68. The average Bonchev–Trinajstić information content (AvgIpc) is 2.85. The van der Waals surface area contributed by atoms with Gasteiger partial charge in [-0.25, -0.2) is 0 Å². The molecule has 0 saturated carbocycles. The van der Waals surface area contributed by atoms with Gasteiger partial charge < -0.3 is 16.5 Å². The Balaban J connectivity index is 1.52. The second kappa shape index (κ2) is 12.7. The zero-order valence-corrected chi connectivity index (χ0v) is 18.3. The quantitative estimate of drug-likeness (QED) is 0.204. The van der Waals surface area contributed by atoms with Gasteiger partial charge in [-0.15, -0.1) is 0 Å². The van der Waals surface area contributed by atoms with Crippen LogP contribution in [0, 0.1) is 0 Å². The summed E-state index contributed by atoms with van der Waals surface area (Å²) in [7, 11) is 0. The van der Waals surface area contributed by atoms with Gasteiger partial charge in [0.05, 0.1) is 18.5 Å². The number of nitrogens with zero attached hydrogens (tertiary/aromatic N) is 2. The number of hydrogen-bond donors (Lipinski definition) is 4. The van der Waals surface area contributed by atoms with Gasteiger partial charge in [-0.3, -0.25) is 19.9 Å². The van der Waals surface area contributed by atoms with Crippen LogP contribution < -0.4 is 21.8 Å². The first kappa shape index (κ1) is 23.6. The van der Waals surface area contributed by atoms with Crippen LogP contribution in [-0.4, -0.2) is 36.1 Å². The van der Waals surface area contributed by atoms with Crippen LogP contribution in [0.5, 0.6) is 0 Å². The van der Waals surface area contributed by atoms with Crippen molar-refractivity contribution in [1.82, 2.24) is 20.9 Å². The number of nitrogens with one attached hydrogen (secondary N) is 3. The van der Waals surface area contributed by atoms with Crippen LogP contribution >= 0.6 is 0 Å². The van der Waals surface area contributed by atoms with Crippen LogP contribution in [-0.2, 0) is 22.6 Å². The minimum absolute atomic E-state index is 0.105. The highest BCUT2D eigenvalue weighted by Gasteiger charge is 2.21. The molecule has 0 saturated heterocycles. The van der Waals surface area contributed by atoms with Gasteiger partial charge in [0.25, 0.3) is 0 Å². The van der Waals surface area contributed by atoms with Crippen molar-refractivity contribution in [2.75, 3.05) is 13.1 Å². The van der Waals surface area contributed by atoms with Gasteiger partial charge in [0.2, 0.25) is 11.8 Å². The number of hydrogen-bond acceptors (Lipinski definition) is 6. The topological polar surface area (TPSA) is 121 Å². The summed E-state index contributed by atoms with van der Waals surface area (Å²) in [6.07, 6.45) is 3.93. The van der Waals surface area contributed by atoms with Gasteiger partial charge in [-0.05, 0) is 35.2 Å². The highest BCUT2D eigenvalue weighted by atomic mass is 16.2. The number of benzene rings is 2. The van der Waals surface area contributed by atoms with Gasteiger partial charge in [0.15, 0.2) is 0 Å². The number of carbonyl (C=O) groups excluding carboxylic acids is 2. The molecule has 1 unspecified atom stereocenters. The van der Waals surface area contributed by atoms with E-state index in [1.54, 1.807) is 24.5 Å². The first-order valence-corrected chi connectivity index (χ1v) is 10.7. The van der Waals surface area contributed by atoms with Crippen molar-refractivity contribution < 1.29 is 9.59 Å². The van der Waals surface area contributed by atoms with Gasteiger partial charge in [-0.2, -0.15) is 5.10 Å². The van der Waals surface area contributed by atoms with E-state index >= 15 is 0 Å². The third kappa shape index (κ3) is 7.86. The van der Waals surface area contributed by atoms with Gasteiger partial charge >= 0.3 is 0 Å². The number of amides is 2. The molecule has 8 nitrogen and oxygen atoms in total. The number of hydrazone groups is 1. The molecule has 3 rings (SSSR count). The first-order valence-electron chi connectivity index (χ1n) is 10.7. The summed E-state index contributed by atoms with van der Waals surface area (Å²) in [5.41, 5.74) is 3.59. The summed E-state index contributed by atoms with van der Waals surface area (Å²) < 4.78 is 0. The fourth-order valence-corrected chi connectivity index (χ4v) is 3.23. The molecule has 0 aliphatic heterocycles. The van der Waals surface area contributed by atoms with Crippen molar-refractivity contribution in [2.45, 2.75) is 19.0 Å². The van der Waals surface area contributed by atoms with E-state index in [9.17, 15) is 9.59 Å². The Morgan fingerprint density at radius 2 is 1.70 bits per heavy atom. The molecule has 0 spiro atoms. The fraction of sp³-hybridized carbons (Fsp3) is 0.200. The highest BCUT2D eigenvalue weighted by molar-refractivity contribution is 5.88. The minimum atomic E-state index is -0.700. The summed E-state index contributed by atoms with van der Waals surface area (Å²) in [6, 6.07) is 22.2. The molecule has 0 bridgehead atoms. The van der Waals surface area contributed by atoms with E-state index < -0.39 is 6.04 Å². The van der Waals surface area contributed by atoms with Crippen molar-refractivity contribution in [3.05, 3.63) is 101 Å². The summed E-state index contributed by atoms with van der Waals surface area (Å²) in [4.78, 5) is 29.4. The number of pyridine rings is 1. The largest absolute Gasteiger partial charge is 0.354 e. The van der Waals surface area contributed by atoms with Crippen molar-refractivity contribution in [1.29, 1.82) is 0 Å². The second-order valence-electron chi connectivity index (χ2n) is 7.39. The Morgan fingerprint density at radius 3 is 2.39 bits per heavy atom. The third-order valence-corrected chi connectivity index (χ3v) is 4.96. The van der Waals surface area contributed by atoms with E-state index in [0.717, 1.165) is 23.1 Å².